The highest BCUT2D eigenvalue weighted by Crippen LogP contribution is 2.40. The summed E-state index contributed by atoms with van der Waals surface area (Å²) in [6, 6.07) is 0. The zero-order valence-electron chi connectivity index (χ0n) is 9.06. The van der Waals surface area contributed by atoms with Gasteiger partial charge < -0.3 is 0 Å². The van der Waals surface area contributed by atoms with Crippen molar-refractivity contribution in [3.63, 3.8) is 0 Å². The van der Waals surface area contributed by atoms with E-state index < -0.39 is 0 Å². The normalized spacial score (nSPS) is 32.8. The van der Waals surface area contributed by atoms with Crippen molar-refractivity contribution in [2.75, 3.05) is 0 Å². The molecule has 0 aromatic carbocycles. The topological polar surface area (TPSA) is 0 Å². The second kappa shape index (κ2) is 4.30. The lowest BCUT2D eigenvalue weighted by atomic mass is 9.69. The van der Waals surface area contributed by atoms with Crippen LogP contribution in [0.15, 0.2) is 0 Å². The van der Waals surface area contributed by atoms with Gasteiger partial charge in [-0.2, -0.15) is 0 Å². The summed E-state index contributed by atoms with van der Waals surface area (Å²) in [6.45, 7) is 9.46. The fourth-order valence-electron chi connectivity index (χ4n) is 2.58. The Hall–Kier alpha value is 0. The molecule has 0 bridgehead atoms. The molecule has 1 saturated carbocycles. The molecule has 0 amide bonds. The molecule has 2 unspecified atom stereocenters. The first-order valence-corrected chi connectivity index (χ1v) is 5.49. The van der Waals surface area contributed by atoms with E-state index in [0.29, 0.717) is 0 Å². The van der Waals surface area contributed by atoms with Crippen molar-refractivity contribution in [1.29, 1.82) is 0 Å². The molecule has 1 rings (SSSR count). The van der Waals surface area contributed by atoms with Crippen LogP contribution in [-0.4, -0.2) is 0 Å². The minimum Gasteiger partial charge on any atom is -0.0648 e. The van der Waals surface area contributed by atoms with Crippen molar-refractivity contribution in [2.45, 2.75) is 53.4 Å². The summed E-state index contributed by atoms with van der Waals surface area (Å²) in [6.07, 6.45) is 5.61. The highest BCUT2D eigenvalue weighted by molar-refractivity contribution is 5.00. The Morgan fingerprint density at radius 2 is 2.00 bits per heavy atom. The molecule has 0 nitrogen and oxygen atoms in total. The van der Waals surface area contributed by atoms with Crippen LogP contribution in [-0.2, 0) is 0 Å². The van der Waals surface area contributed by atoms with Crippen LogP contribution in [0.1, 0.15) is 53.4 Å². The van der Waals surface area contributed by atoms with Crippen molar-refractivity contribution >= 4 is 0 Å². The van der Waals surface area contributed by atoms with E-state index >= 15 is 0 Å². The highest BCUT2D eigenvalue weighted by atomic mass is 14.3. The fraction of sp³-hybridized carbons (Fsp3) is 0.917. The second-order valence-corrected chi connectivity index (χ2v) is 4.75. The summed E-state index contributed by atoms with van der Waals surface area (Å²) in [5, 5.41) is 0. The van der Waals surface area contributed by atoms with E-state index in [0.717, 1.165) is 17.8 Å². The molecule has 1 fully saturated rings. The van der Waals surface area contributed by atoms with Gasteiger partial charge >= 0.3 is 0 Å². The second-order valence-electron chi connectivity index (χ2n) is 4.75. The maximum atomic E-state index is 2.40. The monoisotopic (exact) mass is 167 g/mol. The lowest BCUT2D eigenvalue weighted by Crippen LogP contribution is -2.25. The Bertz CT molecular complexity index is 126. The largest absolute Gasteiger partial charge is 0.0648 e. The number of rotatable bonds is 2. The van der Waals surface area contributed by atoms with Crippen LogP contribution in [0.25, 0.3) is 0 Å². The molecule has 0 spiro atoms. The van der Waals surface area contributed by atoms with Gasteiger partial charge in [-0.25, -0.2) is 0 Å². The molecule has 12 heavy (non-hydrogen) atoms. The first kappa shape index (κ1) is 10.1. The van der Waals surface area contributed by atoms with E-state index in [4.69, 9.17) is 0 Å². The van der Waals surface area contributed by atoms with E-state index in [-0.39, 0.29) is 0 Å². The molecular formula is C12H23. The molecule has 0 N–H and O–H groups in total. The molecule has 2 atom stereocenters. The van der Waals surface area contributed by atoms with Crippen molar-refractivity contribution in [1.82, 2.24) is 0 Å². The van der Waals surface area contributed by atoms with Crippen LogP contribution >= 0.6 is 0 Å². The molecule has 0 aromatic heterocycles. The van der Waals surface area contributed by atoms with Gasteiger partial charge in [0.15, 0.2) is 0 Å². The maximum Gasteiger partial charge on any atom is -0.0208 e. The van der Waals surface area contributed by atoms with E-state index in [2.05, 4.69) is 27.7 Å². The van der Waals surface area contributed by atoms with Crippen molar-refractivity contribution < 1.29 is 0 Å². The third kappa shape index (κ3) is 2.24. The molecule has 71 valence electrons. The first-order valence-electron chi connectivity index (χ1n) is 5.49. The molecule has 1 aliphatic rings. The average Bonchev–Trinajstić information content (AvgIpc) is 2.03. The van der Waals surface area contributed by atoms with Crippen LogP contribution in [0, 0.1) is 23.7 Å². The van der Waals surface area contributed by atoms with Gasteiger partial charge in [-0.1, -0.05) is 34.1 Å². The van der Waals surface area contributed by atoms with Gasteiger partial charge in [0, 0.05) is 0 Å². The van der Waals surface area contributed by atoms with Crippen LogP contribution in [0.4, 0.5) is 0 Å². The predicted molar refractivity (Wildman–Crippen MR) is 54.9 cm³/mol. The third-order valence-corrected chi connectivity index (χ3v) is 3.36. The summed E-state index contributed by atoms with van der Waals surface area (Å²) in [5.74, 6) is 4.59. The Kier molecular flexibility index (Phi) is 3.61. The molecule has 0 aliphatic heterocycles. The van der Waals surface area contributed by atoms with Crippen LogP contribution in [0.2, 0.25) is 0 Å². The van der Waals surface area contributed by atoms with E-state index in [9.17, 15) is 0 Å². The summed E-state index contributed by atoms with van der Waals surface area (Å²) in [5.41, 5.74) is 0. The predicted octanol–water partition coefficient (Wildman–Crippen LogP) is 4.06. The summed E-state index contributed by atoms with van der Waals surface area (Å²) in [4.78, 5) is 0. The molecule has 0 aromatic rings. The summed E-state index contributed by atoms with van der Waals surface area (Å²) in [7, 11) is 0. The van der Waals surface area contributed by atoms with Gasteiger partial charge in [0.25, 0.3) is 0 Å². The Balaban J connectivity index is 2.50. The average molecular weight is 167 g/mol. The lowest BCUT2D eigenvalue weighted by molar-refractivity contribution is 0.255. The zero-order chi connectivity index (χ0) is 9.14. The van der Waals surface area contributed by atoms with Gasteiger partial charge in [-0.15, -0.1) is 0 Å². The highest BCUT2D eigenvalue weighted by Gasteiger charge is 2.29. The van der Waals surface area contributed by atoms with E-state index in [1.165, 1.54) is 25.7 Å². The fourth-order valence-corrected chi connectivity index (χ4v) is 2.58. The van der Waals surface area contributed by atoms with E-state index in [1.54, 1.807) is 0 Å². The number of hydrogen-bond donors (Lipinski definition) is 0. The van der Waals surface area contributed by atoms with Gasteiger partial charge in [0.2, 0.25) is 0 Å². The molecular weight excluding hydrogens is 144 g/mol. The van der Waals surface area contributed by atoms with Crippen LogP contribution in [0.3, 0.4) is 0 Å². The molecule has 1 radical (unpaired) electrons. The maximum absolute atomic E-state index is 2.40. The molecule has 0 saturated heterocycles. The zero-order valence-corrected chi connectivity index (χ0v) is 9.06. The van der Waals surface area contributed by atoms with Crippen molar-refractivity contribution in [3.05, 3.63) is 5.92 Å². The lowest BCUT2D eigenvalue weighted by Gasteiger charge is -2.36. The standard InChI is InChI=1S/C12H23/c1-5-11-8-10(4)6-7-12(11)9(2)3/h9-10,12H,5-8H2,1-4H3. The number of hydrogen-bond acceptors (Lipinski definition) is 0. The van der Waals surface area contributed by atoms with Gasteiger partial charge in [-0.3, -0.25) is 0 Å². The SMILES string of the molecule is CC[C]1CC(C)CCC1C(C)C. The van der Waals surface area contributed by atoms with Gasteiger partial charge in [0.1, 0.15) is 0 Å². The quantitative estimate of drug-likeness (QED) is 0.581. The van der Waals surface area contributed by atoms with Crippen LogP contribution in [0.5, 0.6) is 0 Å². The Morgan fingerprint density at radius 3 is 2.50 bits per heavy atom. The molecule has 0 heteroatoms. The Morgan fingerprint density at radius 1 is 1.33 bits per heavy atom. The van der Waals surface area contributed by atoms with Crippen LogP contribution < -0.4 is 0 Å². The minimum atomic E-state index is 0.868. The molecule has 1 aliphatic carbocycles. The van der Waals surface area contributed by atoms with E-state index in [1.807, 2.05) is 5.92 Å². The van der Waals surface area contributed by atoms with Gasteiger partial charge in [-0.05, 0) is 42.9 Å². The smallest absolute Gasteiger partial charge is 0.0208 e. The first-order chi connectivity index (χ1) is 5.65. The Labute approximate surface area is 77.7 Å². The minimum absolute atomic E-state index is 0.868. The summed E-state index contributed by atoms with van der Waals surface area (Å²) >= 11 is 0. The van der Waals surface area contributed by atoms with Crippen molar-refractivity contribution in [2.24, 2.45) is 17.8 Å². The van der Waals surface area contributed by atoms with Gasteiger partial charge in [0.05, 0.1) is 0 Å². The third-order valence-electron chi connectivity index (χ3n) is 3.36. The van der Waals surface area contributed by atoms with Crippen molar-refractivity contribution in [3.8, 4) is 0 Å². The molecule has 0 heterocycles. The summed E-state index contributed by atoms with van der Waals surface area (Å²) < 4.78 is 0.